The zero-order chi connectivity index (χ0) is 13.1. The topological polar surface area (TPSA) is 30.0 Å². The van der Waals surface area contributed by atoms with Crippen LogP contribution in [0.2, 0.25) is 0 Å². The molecule has 0 amide bonds. The molecule has 2 nitrogen and oxygen atoms in total. The van der Waals surface area contributed by atoms with Crippen LogP contribution in [0.3, 0.4) is 0 Å². The number of hydrogen-bond donors (Lipinski definition) is 0. The monoisotopic (exact) mass is 323 g/mol. The Morgan fingerprint density at radius 3 is 2.94 bits per heavy atom. The average molecular weight is 324 g/mol. The summed E-state index contributed by atoms with van der Waals surface area (Å²) < 4.78 is 1.06. The number of Topliss-reactive ketones (excluding diaryl/α,β-unsaturated/α-hetero) is 1. The molecule has 0 aliphatic carbocycles. The number of carbonyl (C=O) groups is 1. The Balaban J connectivity index is 2.23. The molecule has 0 N–H and O–H groups in total. The van der Waals surface area contributed by atoms with Crippen molar-refractivity contribution in [1.82, 2.24) is 4.98 Å². The summed E-state index contributed by atoms with van der Waals surface area (Å²) in [6, 6.07) is 6.19. The number of nitrogens with zero attached hydrogens (tertiary/aromatic N) is 1. The predicted octanol–water partition coefficient (Wildman–Crippen LogP) is 4.40. The van der Waals surface area contributed by atoms with Crippen molar-refractivity contribution in [2.75, 3.05) is 0 Å². The molecule has 18 heavy (non-hydrogen) atoms. The lowest BCUT2D eigenvalue weighted by Gasteiger charge is -2.02. The number of benzene rings is 1. The summed E-state index contributed by atoms with van der Waals surface area (Å²) >= 11 is 5.10. The van der Waals surface area contributed by atoms with Crippen LogP contribution >= 0.6 is 27.3 Å². The molecule has 0 aliphatic heterocycles. The van der Waals surface area contributed by atoms with Gasteiger partial charge in [-0.1, -0.05) is 22.0 Å². The number of hydrogen-bond acceptors (Lipinski definition) is 3. The van der Waals surface area contributed by atoms with E-state index in [1.54, 1.807) is 18.3 Å². The Bertz CT molecular complexity index is 577. The van der Waals surface area contributed by atoms with Crippen molar-refractivity contribution in [1.29, 1.82) is 0 Å². The zero-order valence-corrected chi connectivity index (χ0v) is 12.8. The number of aryl methyl sites for hydroxylation is 2. The number of carbonyl (C=O) groups excluding carboxylic acids is 1. The maximum atomic E-state index is 11.0. The van der Waals surface area contributed by atoms with Gasteiger partial charge in [0, 0.05) is 28.3 Å². The minimum Gasteiger partial charge on any atom is -0.300 e. The molecule has 0 unspecified atom stereocenters. The van der Waals surface area contributed by atoms with Gasteiger partial charge in [0.2, 0.25) is 0 Å². The van der Waals surface area contributed by atoms with Crippen molar-refractivity contribution < 1.29 is 4.79 Å². The molecule has 1 aromatic carbocycles. The van der Waals surface area contributed by atoms with Gasteiger partial charge in [-0.15, -0.1) is 11.3 Å². The van der Waals surface area contributed by atoms with Gasteiger partial charge < -0.3 is 4.79 Å². The molecule has 0 saturated carbocycles. The van der Waals surface area contributed by atoms with Crippen LogP contribution in [0.25, 0.3) is 11.3 Å². The molecule has 0 aliphatic rings. The molecule has 1 aromatic heterocycles. The summed E-state index contributed by atoms with van der Waals surface area (Å²) in [6.07, 6.45) is 1.32. The summed E-state index contributed by atoms with van der Waals surface area (Å²) in [4.78, 5) is 15.6. The molecule has 0 radical (unpaired) electrons. The van der Waals surface area contributed by atoms with Crippen LogP contribution in [0.1, 0.15) is 23.9 Å². The number of thiazole rings is 1. The van der Waals surface area contributed by atoms with Crippen molar-refractivity contribution >= 4 is 33.0 Å². The van der Waals surface area contributed by atoms with Crippen LogP contribution in [-0.4, -0.2) is 10.8 Å². The van der Waals surface area contributed by atoms with Gasteiger partial charge in [-0.2, -0.15) is 0 Å². The summed E-state index contributed by atoms with van der Waals surface area (Å²) in [5.74, 6) is 0.213. The van der Waals surface area contributed by atoms with E-state index in [1.807, 2.05) is 6.07 Å². The molecule has 2 rings (SSSR count). The number of rotatable bonds is 4. The highest BCUT2D eigenvalue weighted by Gasteiger charge is 2.08. The summed E-state index contributed by atoms with van der Waals surface area (Å²) in [5.41, 5.74) is 3.36. The molecule has 1 heterocycles. The van der Waals surface area contributed by atoms with Gasteiger partial charge in [0.15, 0.2) is 0 Å². The summed E-state index contributed by atoms with van der Waals surface area (Å²) in [5, 5.41) is 3.09. The Hall–Kier alpha value is -1.00. The lowest BCUT2D eigenvalue weighted by molar-refractivity contribution is -0.116. The lowest BCUT2D eigenvalue weighted by Crippen LogP contribution is -1.93. The molecule has 94 valence electrons. The van der Waals surface area contributed by atoms with E-state index in [1.165, 1.54) is 5.56 Å². The first-order valence-corrected chi connectivity index (χ1v) is 7.44. The van der Waals surface area contributed by atoms with Crippen LogP contribution in [0.15, 0.2) is 28.1 Å². The van der Waals surface area contributed by atoms with E-state index in [0.717, 1.165) is 27.2 Å². The van der Waals surface area contributed by atoms with Crippen LogP contribution < -0.4 is 0 Å². The van der Waals surface area contributed by atoms with Gasteiger partial charge in [0.05, 0.1) is 10.7 Å². The first kappa shape index (κ1) is 13.4. The van der Waals surface area contributed by atoms with Gasteiger partial charge in [0.1, 0.15) is 5.78 Å². The van der Waals surface area contributed by atoms with E-state index in [0.29, 0.717) is 6.42 Å². The fourth-order valence-corrected chi connectivity index (χ4v) is 2.86. The Labute approximate surface area is 119 Å². The minimum absolute atomic E-state index is 0.213. The molecule has 2 aromatic rings. The fraction of sp³-hybridized carbons (Fsp3) is 0.286. The second kappa shape index (κ2) is 5.76. The van der Waals surface area contributed by atoms with Crippen molar-refractivity contribution in [2.24, 2.45) is 0 Å². The van der Waals surface area contributed by atoms with Crippen LogP contribution in [0.5, 0.6) is 0 Å². The van der Waals surface area contributed by atoms with Crippen LogP contribution in [-0.2, 0) is 11.2 Å². The van der Waals surface area contributed by atoms with Gasteiger partial charge in [0.25, 0.3) is 0 Å². The first-order chi connectivity index (χ1) is 8.56. The minimum atomic E-state index is 0.213. The van der Waals surface area contributed by atoms with Crippen LogP contribution in [0, 0.1) is 6.92 Å². The van der Waals surface area contributed by atoms with E-state index in [9.17, 15) is 4.79 Å². The van der Waals surface area contributed by atoms with Crippen molar-refractivity contribution in [3.05, 3.63) is 38.6 Å². The normalized spacial score (nSPS) is 10.6. The third-order valence-electron chi connectivity index (χ3n) is 2.72. The van der Waals surface area contributed by atoms with Crippen molar-refractivity contribution in [2.45, 2.75) is 26.7 Å². The van der Waals surface area contributed by atoms with Crippen LogP contribution in [0.4, 0.5) is 0 Å². The van der Waals surface area contributed by atoms with E-state index < -0.39 is 0 Å². The van der Waals surface area contributed by atoms with Crippen molar-refractivity contribution in [3.8, 4) is 11.3 Å². The average Bonchev–Trinajstić information content (AvgIpc) is 2.78. The lowest BCUT2D eigenvalue weighted by atomic mass is 10.1. The molecule has 4 heteroatoms. The predicted molar refractivity (Wildman–Crippen MR) is 79.0 cm³/mol. The molecular weight excluding hydrogens is 310 g/mol. The molecule has 0 bridgehead atoms. The highest BCUT2D eigenvalue weighted by molar-refractivity contribution is 9.10. The Kier molecular flexibility index (Phi) is 4.30. The van der Waals surface area contributed by atoms with E-state index in [4.69, 9.17) is 0 Å². The fourth-order valence-electron chi connectivity index (χ4n) is 1.70. The smallest absolute Gasteiger partial charge is 0.130 e. The second-order valence-corrected chi connectivity index (χ2v) is 6.15. The number of ketones is 1. The molecule has 0 fully saturated rings. The standard InChI is InChI=1S/C14H14BrNOS/c1-9-3-5-11(15)7-12(9)13-8-18-14(16-13)6-4-10(2)17/h3,5,7-8H,4,6H2,1-2H3. The van der Waals surface area contributed by atoms with E-state index >= 15 is 0 Å². The zero-order valence-electron chi connectivity index (χ0n) is 10.4. The highest BCUT2D eigenvalue weighted by atomic mass is 79.9. The quantitative estimate of drug-likeness (QED) is 0.834. The summed E-state index contributed by atoms with van der Waals surface area (Å²) in [7, 11) is 0. The van der Waals surface area contributed by atoms with Gasteiger partial charge in [-0.25, -0.2) is 4.98 Å². The Morgan fingerprint density at radius 1 is 1.44 bits per heavy atom. The number of halogens is 1. The third-order valence-corrected chi connectivity index (χ3v) is 4.12. The van der Waals surface area contributed by atoms with E-state index in [2.05, 4.69) is 45.4 Å². The van der Waals surface area contributed by atoms with Gasteiger partial charge in [-0.3, -0.25) is 0 Å². The number of aromatic nitrogens is 1. The second-order valence-electron chi connectivity index (χ2n) is 4.29. The van der Waals surface area contributed by atoms with E-state index in [-0.39, 0.29) is 5.78 Å². The van der Waals surface area contributed by atoms with Gasteiger partial charge >= 0.3 is 0 Å². The maximum Gasteiger partial charge on any atom is 0.130 e. The van der Waals surface area contributed by atoms with Gasteiger partial charge in [-0.05, 0) is 31.5 Å². The highest BCUT2D eigenvalue weighted by Crippen LogP contribution is 2.28. The molecule has 0 saturated heterocycles. The maximum absolute atomic E-state index is 11.0. The largest absolute Gasteiger partial charge is 0.300 e. The first-order valence-electron chi connectivity index (χ1n) is 5.76. The van der Waals surface area contributed by atoms with Crippen molar-refractivity contribution in [3.63, 3.8) is 0 Å². The molecule has 0 atom stereocenters. The SMILES string of the molecule is CC(=O)CCc1nc(-c2cc(Br)ccc2C)cs1. The third kappa shape index (κ3) is 3.27. The summed E-state index contributed by atoms with van der Waals surface area (Å²) in [6.45, 7) is 3.70. The molecule has 0 spiro atoms. The Morgan fingerprint density at radius 2 is 2.22 bits per heavy atom. The molecular formula is C14H14BrNOS.